The highest BCUT2D eigenvalue weighted by molar-refractivity contribution is 6.06. The van der Waals surface area contributed by atoms with E-state index in [9.17, 15) is 40.7 Å². The van der Waals surface area contributed by atoms with Crippen molar-refractivity contribution in [1.29, 1.82) is 0 Å². The molecular weight excluding hydrogens is 494 g/mol. The summed E-state index contributed by atoms with van der Waals surface area (Å²) < 4.78 is 79.2. The van der Waals surface area contributed by atoms with Gasteiger partial charge < -0.3 is 20.9 Å². The van der Waals surface area contributed by atoms with Gasteiger partial charge in [0.2, 0.25) is 6.41 Å². The number of allylic oxidation sites excluding steroid dienone is 1. The number of amides is 4. The largest absolute Gasteiger partial charge is 0.416 e. The third-order valence-corrected chi connectivity index (χ3v) is 4.75. The summed E-state index contributed by atoms with van der Waals surface area (Å²) in [6.07, 6.45) is -8.66. The van der Waals surface area contributed by atoms with Crippen molar-refractivity contribution in [1.82, 2.24) is 15.5 Å². The average molecular weight is 516 g/mol. The maximum Gasteiger partial charge on any atom is 0.416 e. The number of benzene rings is 2. The van der Waals surface area contributed by atoms with E-state index in [1.54, 1.807) is 14.1 Å². The fourth-order valence-electron chi connectivity index (χ4n) is 3.21. The summed E-state index contributed by atoms with van der Waals surface area (Å²) in [6.45, 7) is 1.31. The Labute approximate surface area is 202 Å². The highest BCUT2D eigenvalue weighted by Gasteiger charge is 2.39. The molecule has 2 aromatic carbocycles. The maximum atomic E-state index is 13.5. The van der Waals surface area contributed by atoms with Crippen LogP contribution in [0, 0.1) is 0 Å². The first kappa shape index (κ1) is 28.2. The van der Waals surface area contributed by atoms with Crippen LogP contribution >= 0.6 is 0 Å². The van der Waals surface area contributed by atoms with Crippen molar-refractivity contribution in [3.8, 4) is 0 Å². The Morgan fingerprint density at radius 1 is 1.00 bits per heavy atom. The number of anilines is 1. The molecule has 0 fully saturated rings. The Kier molecular flexibility index (Phi) is 8.73. The number of alkyl halides is 6. The minimum Gasteiger partial charge on any atom is -0.351 e. The molecule has 0 spiro atoms. The summed E-state index contributed by atoms with van der Waals surface area (Å²) in [5.74, 6) is -0.966. The maximum absolute atomic E-state index is 13.5. The van der Waals surface area contributed by atoms with Crippen LogP contribution in [-0.2, 0) is 21.9 Å². The van der Waals surface area contributed by atoms with E-state index in [0.29, 0.717) is 6.07 Å². The van der Waals surface area contributed by atoms with E-state index in [4.69, 9.17) is 0 Å². The smallest absolute Gasteiger partial charge is 0.351 e. The van der Waals surface area contributed by atoms with Crippen molar-refractivity contribution in [2.45, 2.75) is 25.3 Å². The van der Waals surface area contributed by atoms with Crippen LogP contribution in [0.5, 0.6) is 0 Å². The SMILES string of the molecule is CC1=C(C(=O)Nc2cccc(C(F)(F)F)c2)C(c2ccccc2C(F)(F)F)NC(=O)N1.CN(C)C=O. The fourth-order valence-corrected chi connectivity index (χ4v) is 3.21. The zero-order valence-corrected chi connectivity index (χ0v) is 19.2. The quantitative estimate of drug-likeness (QED) is 0.407. The Bertz CT molecular complexity index is 1160. The van der Waals surface area contributed by atoms with Gasteiger partial charge in [0.15, 0.2) is 0 Å². The van der Waals surface area contributed by atoms with Crippen LogP contribution in [0.15, 0.2) is 59.8 Å². The van der Waals surface area contributed by atoms with E-state index in [2.05, 4.69) is 16.0 Å². The second-order valence-electron chi connectivity index (χ2n) is 7.76. The Morgan fingerprint density at radius 2 is 1.61 bits per heavy atom. The van der Waals surface area contributed by atoms with Crippen LogP contribution in [0.3, 0.4) is 0 Å². The average Bonchev–Trinajstić information content (AvgIpc) is 2.78. The molecule has 3 N–H and O–H groups in total. The van der Waals surface area contributed by atoms with Crippen molar-refractivity contribution in [3.63, 3.8) is 0 Å². The van der Waals surface area contributed by atoms with Gasteiger partial charge in [-0.25, -0.2) is 4.79 Å². The van der Waals surface area contributed by atoms with Gasteiger partial charge in [-0.2, -0.15) is 26.3 Å². The van der Waals surface area contributed by atoms with E-state index in [0.717, 1.165) is 36.7 Å². The number of carbonyl (C=O) groups excluding carboxylic acids is 3. The molecule has 0 saturated carbocycles. The summed E-state index contributed by atoms with van der Waals surface area (Å²) >= 11 is 0. The Morgan fingerprint density at radius 3 is 2.17 bits per heavy atom. The number of nitrogens with one attached hydrogen (secondary N) is 3. The molecule has 7 nitrogen and oxygen atoms in total. The van der Waals surface area contributed by atoms with E-state index in [1.807, 2.05) is 0 Å². The monoisotopic (exact) mass is 516 g/mol. The van der Waals surface area contributed by atoms with Crippen molar-refractivity contribution < 1.29 is 40.7 Å². The lowest BCUT2D eigenvalue weighted by atomic mass is 9.91. The molecule has 1 aliphatic heterocycles. The molecule has 1 atom stereocenters. The molecule has 0 aliphatic carbocycles. The third kappa shape index (κ3) is 7.23. The fraction of sp³-hybridized carbons (Fsp3) is 0.261. The molecule has 1 unspecified atom stereocenters. The molecule has 4 amide bonds. The molecule has 0 saturated heterocycles. The molecular formula is C23H22F6N4O3. The van der Waals surface area contributed by atoms with Gasteiger partial charge in [0.05, 0.1) is 22.7 Å². The molecule has 0 bridgehead atoms. The minimum absolute atomic E-state index is 0.0322. The predicted molar refractivity (Wildman–Crippen MR) is 118 cm³/mol. The van der Waals surface area contributed by atoms with Gasteiger partial charge in [-0.3, -0.25) is 9.59 Å². The first-order valence-electron chi connectivity index (χ1n) is 10.2. The summed E-state index contributed by atoms with van der Waals surface area (Å²) in [6, 6.07) is 5.89. The van der Waals surface area contributed by atoms with Crippen molar-refractivity contribution in [3.05, 3.63) is 76.5 Å². The van der Waals surface area contributed by atoms with Crippen molar-refractivity contribution >= 4 is 24.0 Å². The number of urea groups is 1. The molecule has 1 aliphatic rings. The molecule has 2 aromatic rings. The van der Waals surface area contributed by atoms with Gasteiger partial charge in [-0.15, -0.1) is 0 Å². The predicted octanol–water partition coefficient (Wildman–Crippen LogP) is 4.70. The zero-order valence-electron chi connectivity index (χ0n) is 19.2. The van der Waals surface area contributed by atoms with Crippen LogP contribution in [-0.4, -0.2) is 37.3 Å². The molecule has 0 aromatic heterocycles. The molecule has 194 valence electrons. The van der Waals surface area contributed by atoms with Gasteiger partial charge in [-0.1, -0.05) is 24.3 Å². The topological polar surface area (TPSA) is 90.5 Å². The molecule has 36 heavy (non-hydrogen) atoms. The van der Waals surface area contributed by atoms with Crippen LogP contribution in [0.1, 0.15) is 29.7 Å². The van der Waals surface area contributed by atoms with Crippen molar-refractivity contribution in [2.24, 2.45) is 0 Å². The molecule has 3 rings (SSSR count). The number of rotatable bonds is 4. The van der Waals surface area contributed by atoms with Gasteiger partial charge >= 0.3 is 18.4 Å². The van der Waals surface area contributed by atoms with Gasteiger partial charge in [0, 0.05) is 25.5 Å². The van der Waals surface area contributed by atoms with E-state index in [1.165, 1.54) is 24.0 Å². The number of hydrogen-bond donors (Lipinski definition) is 3. The highest BCUT2D eigenvalue weighted by Crippen LogP contribution is 2.38. The first-order valence-corrected chi connectivity index (χ1v) is 10.2. The zero-order chi connectivity index (χ0) is 27.3. The van der Waals surface area contributed by atoms with E-state index in [-0.39, 0.29) is 22.5 Å². The van der Waals surface area contributed by atoms with E-state index >= 15 is 0 Å². The lowest BCUT2D eigenvalue weighted by Crippen LogP contribution is -2.46. The lowest BCUT2D eigenvalue weighted by Gasteiger charge is -2.30. The van der Waals surface area contributed by atoms with Gasteiger partial charge in [0.1, 0.15) is 0 Å². The summed E-state index contributed by atoms with van der Waals surface area (Å²) in [4.78, 5) is 35.6. The third-order valence-electron chi connectivity index (χ3n) is 4.75. The second kappa shape index (κ2) is 11.1. The van der Waals surface area contributed by atoms with Crippen LogP contribution < -0.4 is 16.0 Å². The number of hydrogen-bond acceptors (Lipinski definition) is 3. The number of halogens is 6. The normalized spacial score (nSPS) is 15.7. The first-order chi connectivity index (χ1) is 16.6. The standard InChI is InChI=1S/C20H15F6N3O2.C3H7NO/c1-10-15(17(30)28-12-6-4-5-11(9-12)19(21,22)23)16(29-18(31)27-10)13-7-2-3-8-14(13)20(24,25)26;1-4(2)3-5/h2-9,16H,1H3,(H,28,30)(H2,27,29,31);3H,1-2H3. The molecule has 13 heteroatoms. The highest BCUT2D eigenvalue weighted by atomic mass is 19.4. The Balaban J connectivity index is 0.000000830. The van der Waals surface area contributed by atoms with Gasteiger partial charge in [0.25, 0.3) is 5.91 Å². The molecule has 0 radical (unpaired) electrons. The number of carbonyl (C=O) groups is 3. The summed E-state index contributed by atoms with van der Waals surface area (Å²) in [5, 5.41) is 6.83. The van der Waals surface area contributed by atoms with Crippen LogP contribution in [0.4, 0.5) is 36.8 Å². The summed E-state index contributed by atoms with van der Waals surface area (Å²) in [7, 11) is 3.38. The van der Waals surface area contributed by atoms with Crippen LogP contribution in [0.25, 0.3) is 0 Å². The lowest BCUT2D eigenvalue weighted by molar-refractivity contribution is -0.138. The number of nitrogens with zero attached hydrogens (tertiary/aromatic N) is 1. The van der Waals surface area contributed by atoms with Crippen LogP contribution in [0.2, 0.25) is 0 Å². The molecule has 1 heterocycles. The summed E-state index contributed by atoms with van der Waals surface area (Å²) in [5.41, 5.74) is -2.95. The Hall–Kier alpha value is -4.03. The van der Waals surface area contributed by atoms with Crippen molar-refractivity contribution in [2.75, 3.05) is 19.4 Å². The minimum atomic E-state index is -4.76. The van der Waals surface area contributed by atoms with Gasteiger partial charge in [-0.05, 0) is 36.8 Å². The second-order valence-corrected chi connectivity index (χ2v) is 7.76. The van der Waals surface area contributed by atoms with E-state index < -0.39 is 41.5 Å².